The van der Waals surface area contributed by atoms with Crippen LogP contribution in [0, 0.1) is 13.8 Å². The van der Waals surface area contributed by atoms with Crippen LogP contribution in [0.1, 0.15) is 24.7 Å². The predicted octanol–water partition coefficient (Wildman–Crippen LogP) is -0.156. The Bertz CT molecular complexity index is 481. The molecule has 1 saturated heterocycles. The largest absolute Gasteiger partial charge is 0.388 e. The zero-order valence-electron chi connectivity index (χ0n) is 11.6. The summed E-state index contributed by atoms with van der Waals surface area (Å²) in [6, 6.07) is 0. The summed E-state index contributed by atoms with van der Waals surface area (Å²) in [5.41, 5.74) is 0.783. The van der Waals surface area contributed by atoms with Crippen molar-refractivity contribution in [1.82, 2.24) is 14.5 Å². The summed E-state index contributed by atoms with van der Waals surface area (Å²) in [5.74, 6) is -0.0601. The highest BCUT2D eigenvalue weighted by Crippen LogP contribution is 2.22. The van der Waals surface area contributed by atoms with Crippen LogP contribution < -0.4 is 0 Å². The number of aliphatic hydroxyl groups excluding tert-OH is 1. The summed E-state index contributed by atoms with van der Waals surface area (Å²) in [5, 5.41) is 19.7. The first kappa shape index (κ1) is 14.0. The number of rotatable bonds is 2. The molecule has 0 radical (unpaired) electrons. The number of imidazole rings is 1. The maximum absolute atomic E-state index is 12.2. The lowest BCUT2D eigenvalue weighted by Crippen LogP contribution is -2.55. The van der Waals surface area contributed by atoms with Gasteiger partial charge in [0.2, 0.25) is 5.91 Å². The van der Waals surface area contributed by atoms with Gasteiger partial charge in [-0.2, -0.15) is 0 Å². The molecule has 0 spiro atoms. The summed E-state index contributed by atoms with van der Waals surface area (Å²) in [6.07, 6.45) is 1.15. The molecule has 0 saturated carbocycles. The topological polar surface area (TPSA) is 78.6 Å². The van der Waals surface area contributed by atoms with Gasteiger partial charge in [-0.1, -0.05) is 0 Å². The number of β-amino-alcohol motifs (C(OH)–C–C–N with tert-alkyl or cyclic N) is 1. The fourth-order valence-electron chi connectivity index (χ4n) is 2.20. The number of likely N-dealkylation sites (tertiary alicyclic amines) is 1. The number of aliphatic hydroxyl groups is 2. The van der Waals surface area contributed by atoms with Gasteiger partial charge in [0.1, 0.15) is 6.54 Å². The molecule has 1 aromatic rings. The third kappa shape index (κ3) is 2.79. The van der Waals surface area contributed by atoms with Crippen molar-refractivity contribution in [1.29, 1.82) is 0 Å². The molecule has 2 rings (SSSR count). The van der Waals surface area contributed by atoms with E-state index in [-0.39, 0.29) is 19.0 Å². The van der Waals surface area contributed by atoms with E-state index in [0.29, 0.717) is 13.0 Å². The van der Waals surface area contributed by atoms with Gasteiger partial charge in [-0.25, -0.2) is 4.98 Å². The Hall–Kier alpha value is -1.40. The second-order valence-corrected chi connectivity index (χ2v) is 5.51. The number of amides is 1. The molecule has 1 fully saturated rings. The number of hydrogen-bond acceptors (Lipinski definition) is 4. The second kappa shape index (κ2) is 4.94. The summed E-state index contributed by atoms with van der Waals surface area (Å²) >= 11 is 0. The fourth-order valence-corrected chi connectivity index (χ4v) is 2.20. The van der Waals surface area contributed by atoms with E-state index in [0.717, 1.165) is 11.4 Å². The Kier molecular flexibility index (Phi) is 3.64. The van der Waals surface area contributed by atoms with E-state index in [1.807, 2.05) is 13.8 Å². The monoisotopic (exact) mass is 267 g/mol. The normalized spacial score (nSPS) is 27.6. The molecule has 1 aliphatic rings. The van der Waals surface area contributed by atoms with Crippen molar-refractivity contribution >= 4 is 5.91 Å². The zero-order valence-corrected chi connectivity index (χ0v) is 11.6. The minimum Gasteiger partial charge on any atom is -0.388 e. The van der Waals surface area contributed by atoms with Gasteiger partial charge in [0.25, 0.3) is 0 Å². The van der Waals surface area contributed by atoms with Crippen molar-refractivity contribution in [2.24, 2.45) is 0 Å². The summed E-state index contributed by atoms with van der Waals surface area (Å²) in [7, 11) is 0. The van der Waals surface area contributed by atoms with E-state index >= 15 is 0 Å². The van der Waals surface area contributed by atoms with Gasteiger partial charge in [0.05, 0.1) is 23.7 Å². The number of piperidine rings is 1. The van der Waals surface area contributed by atoms with Crippen molar-refractivity contribution in [2.45, 2.75) is 45.4 Å². The first-order chi connectivity index (χ1) is 8.81. The number of carbonyl (C=O) groups excluding carboxylic acids is 1. The molecule has 2 atom stereocenters. The van der Waals surface area contributed by atoms with Gasteiger partial charge in [-0.15, -0.1) is 0 Å². The average molecular weight is 267 g/mol. The smallest absolute Gasteiger partial charge is 0.242 e. The molecule has 106 valence electrons. The van der Waals surface area contributed by atoms with E-state index < -0.39 is 11.7 Å². The van der Waals surface area contributed by atoms with E-state index in [4.69, 9.17) is 0 Å². The molecular weight excluding hydrogens is 246 g/mol. The van der Waals surface area contributed by atoms with Crippen molar-refractivity contribution in [3.63, 3.8) is 0 Å². The van der Waals surface area contributed by atoms with Crippen LogP contribution in [0.5, 0.6) is 0 Å². The zero-order chi connectivity index (χ0) is 14.2. The SMILES string of the molecule is Cc1ncn(CC(=O)N2CC[C@@](C)(O)[C@@H](O)C2)c1C. The van der Waals surface area contributed by atoms with Crippen molar-refractivity contribution in [2.75, 3.05) is 13.1 Å². The van der Waals surface area contributed by atoms with Crippen LogP contribution in [-0.2, 0) is 11.3 Å². The second-order valence-electron chi connectivity index (χ2n) is 5.51. The van der Waals surface area contributed by atoms with Crippen LogP contribution in [0.4, 0.5) is 0 Å². The number of carbonyl (C=O) groups is 1. The third-order valence-electron chi connectivity index (χ3n) is 4.00. The molecule has 2 N–H and O–H groups in total. The molecule has 19 heavy (non-hydrogen) atoms. The minimum absolute atomic E-state index is 0.0601. The summed E-state index contributed by atoms with van der Waals surface area (Å²) in [6.45, 7) is 6.29. The Morgan fingerprint density at radius 1 is 1.58 bits per heavy atom. The van der Waals surface area contributed by atoms with Crippen molar-refractivity contribution < 1.29 is 15.0 Å². The van der Waals surface area contributed by atoms with Crippen molar-refractivity contribution in [3.8, 4) is 0 Å². The molecule has 1 aliphatic heterocycles. The van der Waals surface area contributed by atoms with Crippen molar-refractivity contribution in [3.05, 3.63) is 17.7 Å². The number of nitrogens with zero attached hydrogens (tertiary/aromatic N) is 3. The van der Waals surface area contributed by atoms with Gasteiger partial charge in [-0.3, -0.25) is 4.79 Å². The maximum Gasteiger partial charge on any atom is 0.242 e. The average Bonchev–Trinajstić information content (AvgIpc) is 2.64. The molecule has 6 nitrogen and oxygen atoms in total. The van der Waals surface area contributed by atoms with Gasteiger partial charge in [0, 0.05) is 18.8 Å². The maximum atomic E-state index is 12.2. The van der Waals surface area contributed by atoms with Crippen LogP contribution >= 0.6 is 0 Å². The predicted molar refractivity (Wildman–Crippen MR) is 69.5 cm³/mol. The molecule has 1 aromatic heterocycles. The first-order valence-electron chi connectivity index (χ1n) is 6.48. The lowest BCUT2D eigenvalue weighted by molar-refractivity contribution is -0.146. The lowest BCUT2D eigenvalue weighted by atomic mass is 9.91. The van der Waals surface area contributed by atoms with Gasteiger partial charge in [0.15, 0.2) is 0 Å². The van der Waals surface area contributed by atoms with Gasteiger partial charge in [-0.05, 0) is 27.2 Å². The van der Waals surface area contributed by atoms with E-state index in [1.54, 1.807) is 22.7 Å². The Morgan fingerprint density at radius 2 is 2.26 bits per heavy atom. The number of aromatic nitrogens is 2. The standard InChI is InChI=1S/C13H21N3O3/c1-9-10(2)16(8-14-9)7-12(18)15-5-4-13(3,19)11(17)6-15/h8,11,17,19H,4-7H2,1-3H3/t11-,13+/m0/s1. The van der Waals surface area contributed by atoms with E-state index in [1.165, 1.54) is 0 Å². The van der Waals surface area contributed by atoms with Crippen LogP contribution in [0.25, 0.3) is 0 Å². The number of aryl methyl sites for hydroxylation is 1. The molecule has 1 amide bonds. The lowest BCUT2D eigenvalue weighted by Gasteiger charge is -2.40. The molecule has 0 aromatic carbocycles. The molecular formula is C13H21N3O3. The minimum atomic E-state index is -1.10. The van der Waals surface area contributed by atoms with Gasteiger partial charge < -0.3 is 19.7 Å². The quantitative estimate of drug-likeness (QED) is 0.781. The first-order valence-corrected chi connectivity index (χ1v) is 6.48. The highest BCUT2D eigenvalue weighted by Gasteiger charge is 2.37. The van der Waals surface area contributed by atoms with Crippen LogP contribution in [-0.4, -0.2) is 55.4 Å². The summed E-state index contributed by atoms with van der Waals surface area (Å²) < 4.78 is 1.80. The molecule has 0 bridgehead atoms. The van der Waals surface area contributed by atoms with Gasteiger partial charge >= 0.3 is 0 Å². The van der Waals surface area contributed by atoms with Crippen LogP contribution in [0.3, 0.4) is 0 Å². The highest BCUT2D eigenvalue weighted by molar-refractivity contribution is 5.76. The Morgan fingerprint density at radius 3 is 2.79 bits per heavy atom. The Balaban J connectivity index is 2.00. The molecule has 6 heteroatoms. The van der Waals surface area contributed by atoms with Crippen LogP contribution in [0.2, 0.25) is 0 Å². The highest BCUT2D eigenvalue weighted by atomic mass is 16.3. The Labute approximate surface area is 112 Å². The molecule has 2 heterocycles. The summed E-state index contributed by atoms with van der Waals surface area (Å²) in [4.78, 5) is 17.9. The number of hydrogen-bond donors (Lipinski definition) is 2. The van der Waals surface area contributed by atoms with E-state index in [2.05, 4.69) is 4.98 Å². The fraction of sp³-hybridized carbons (Fsp3) is 0.692. The third-order valence-corrected chi connectivity index (χ3v) is 4.00. The van der Waals surface area contributed by atoms with E-state index in [9.17, 15) is 15.0 Å². The molecule has 0 unspecified atom stereocenters. The van der Waals surface area contributed by atoms with Crippen LogP contribution in [0.15, 0.2) is 6.33 Å². The molecule has 0 aliphatic carbocycles.